The summed E-state index contributed by atoms with van der Waals surface area (Å²) in [7, 11) is -3.63. The van der Waals surface area contributed by atoms with Gasteiger partial charge in [-0.25, -0.2) is 13.1 Å². The third-order valence-corrected chi connectivity index (χ3v) is 6.13. The van der Waals surface area contributed by atoms with Crippen LogP contribution in [0.15, 0.2) is 53.4 Å². The van der Waals surface area contributed by atoms with E-state index in [0.29, 0.717) is 5.56 Å². The molecule has 2 N–H and O–H groups in total. The number of rotatable bonds is 5. The van der Waals surface area contributed by atoms with Gasteiger partial charge in [-0.15, -0.1) is 0 Å². The van der Waals surface area contributed by atoms with Crippen LogP contribution < -0.4 is 10.0 Å². The predicted molar refractivity (Wildman–Crippen MR) is 101 cm³/mol. The number of amides is 1. The molecule has 3 rings (SSSR count). The van der Waals surface area contributed by atoms with E-state index in [4.69, 9.17) is 0 Å². The van der Waals surface area contributed by atoms with Crippen LogP contribution in [0.1, 0.15) is 54.2 Å². The first-order valence-electron chi connectivity index (χ1n) is 8.88. The second-order valence-electron chi connectivity index (χ2n) is 6.92. The summed E-state index contributed by atoms with van der Waals surface area (Å²) in [6, 6.07) is 14.0. The Morgan fingerprint density at radius 2 is 1.88 bits per heavy atom. The lowest BCUT2D eigenvalue weighted by Gasteiger charge is -2.26. The van der Waals surface area contributed by atoms with Crippen molar-refractivity contribution in [1.82, 2.24) is 10.0 Å². The second-order valence-corrected chi connectivity index (χ2v) is 8.63. The molecular weight excluding hydrogens is 348 g/mol. The van der Waals surface area contributed by atoms with E-state index in [0.717, 1.165) is 24.8 Å². The fourth-order valence-electron chi connectivity index (χ4n) is 3.33. The average Bonchev–Trinajstić information content (AvgIpc) is 2.61. The summed E-state index contributed by atoms with van der Waals surface area (Å²) in [6.07, 6.45) is 2.93. The fourth-order valence-corrected chi connectivity index (χ4v) is 4.62. The summed E-state index contributed by atoms with van der Waals surface area (Å²) >= 11 is 0. The molecule has 0 radical (unpaired) electrons. The van der Waals surface area contributed by atoms with Gasteiger partial charge in [0.05, 0.1) is 10.9 Å². The van der Waals surface area contributed by atoms with E-state index in [-0.39, 0.29) is 22.9 Å². The number of carbonyl (C=O) groups excluding carboxylic acids is 1. The number of hydrogen-bond donors (Lipinski definition) is 2. The van der Waals surface area contributed by atoms with E-state index in [1.807, 2.05) is 18.2 Å². The molecule has 0 heterocycles. The van der Waals surface area contributed by atoms with Crippen molar-refractivity contribution in [3.63, 3.8) is 0 Å². The van der Waals surface area contributed by atoms with E-state index in [2.05, 4.69) is 16.1 Å². The van der Waals surface area contributed by atoms with Crippen molar-refractivity contribution in [2.45, 2.75) is 50.1 Å². The fraction of sp³-hybridized carbons (Fsp3) is 0.350. The van der Waals surface area contributed by atoms with Gasteiger partial charge in [0.25, 0.3) is 5.91 Å². The van der Waals surface area contributed by atoms with E-state index in [1.165, 1.54) is 17.7 Å². The molecule has 1 unspecified atom stereocenters. The van der Waals surface area contributed by atoms with Gasteiger partial charge in [-0.3, -0.25) is 4.79 Å². The molecule has 0 spiro atoms. The van der Waals surface area contributed by atoms with Crippen molar-refractivity contribution in [2.24, 2.45) is 0 Å². The number of fused-ring (bicyclic) bond motifs is 1. The van der Waals surface area contributed by atoms with Crippen molar-refractivity contribution in [1.29, 1.82) is 0 Å². The number of benzene rings is 2. The molecule has 0 aromatic heterocycles. The maximum atomic E-state index is 12.7. The summed E-state index contributed by atoms with van der Waals surface area (Å²) in [4.78, 5) is 12.8. The topological polar surface area (TPSA) is 75.3 Å². The molecule has 2 aromatic rings. The highest BCUT2D eigenvalue weighted by Crippen LogP contribution is 2.29. The molecule has 0 saturated carbocycles. The Balaban J connectivity index is 1.81. The zero-order chi connectivity index (χ0) is 18.7. The summed E-state index contributed by atoms with van der Waals surface area (Å²) in [5.74, 6) is -0.256. The summed E-state index contributed by atoms with van der Waals surface area (Å²) in [5, 5.41) is 3.06. The Kier molecular flexibility index (Phi) is 5.44. The Morgan fingerprint density at radius 1 is 1.12 bits per heavy atom. The molecule has 0 fully saturated rings. The number of hydrogen-bond acceptors (Lipinski definition) is 3. The van der Waals surface area contributed by atoms with Crippen LogP contribution in [0.2, 0.25) is 0 Å². The number of aryl methyl sites for hydroxylation is 1. The van der Waals surface area contributed by atoms with Crippen LogP contribution in [-0.2, 0) is 16.4 Å². The van der Waals surface area contributed by atoms with E-state index < -0.39 is 10.0 Å². The van der Waals surface area contributed by atoms with Crippen LogP contribution in [0.5, 0.6) is 0 Å². The molecule has 0 saturated heterocycles. The van der Waals surface area contributed by atoms with Gasteiger partial charge in [0.15, 0.2) is 0 Å². The van der Waals surface area contributed by atoms with Crippen molar-refractivity contribution in [2.75, 3.05) is 0 Å². The Labute approximate surface area is 154 Å². The van der Waals surface area contributed by atoms with E-state index in [9.17, 15) is 13.2 Å². The van der Waals surface area contributed by atoms with Gasteiger partial charge in [0.1, 0.15) is 0 Å². The molecule has 1 amide bonds. The van der Waals surface area contributed by atoms with Crippen LogP contribution in [0.4, 0.5) is 0 Å². The Bertz CT molecular complexity index is 907. The maximum absolute atomic E-state index is 12.7. The van der Waals surface area contributed by atoms with E-state index in [1.54, 1.807) is 26.0 Å². The van der Waals surface area contributed by atoms with Crippen LogP contribution in [0.25, 0.3) is 0 Å². The zero-order valence-electron chi connectivity index (χ0n) is 15.0. The van der Waals surface area contributed by atoms with Gasteiger partial charge < -0.3 is 5.32 Å². The molecule has 138 valence electrons. The van der Waals surface area contributed by atoms with Gasteiger partial charge in [-0.1, -0.05) is 30.3 Å². The van der Waals surface area contributed by atoms with Crippen molar-refractivity contribution in [3.8, 4) is 0 Å². The Hall–Kier alpha value is -2.18. The smallest absolute Gasteiger partial charge is 0.251 e. The standard InChI is InChI=1S/C20H24N2O3S/c1-14(2)22-26(24,25)17-10-5-9-16(13-17)20(23)21-19-12-6-8-15-7-3-4-11-18(15)19/h3-5,7,9-11,13-14,19,22H,6,8,12H2,1-2H3,(H,21,23). The first-order valence-corrected chi connectivity index (χ1v) is 10.4. The van der Waals surface area contributed by atoms with E-state index >= 15 is 0 Å². The number of carbonyl (C=O) groups is 1. The van der Waals surface area contributed by atoms with Gasteiger partial charge in [0, 0.05) is 11.6 Å². The summed E-state index contributed by atoms with van der Waals surface area (Å²) in [5.41, 5.74) is 2.76. The lowest BCUT2D eigenvalue weighted by Crippen LogP contribution is -2.32. The average molecular weight is 372 g/mol. The summed E-state index contributed by atoms with van der Waals surface area (Å²) in [6.45, 7) is 3.52. The zero-order valence-corrected chi connectivity index (χ0v) is 15.8. The number of nitrogens with one attached hydrogen (secondary N) is 2. The first kappa shape index (κ1) is 18.6. The first-order chi connectivity index (χ1) is 12.4. The molecule has 5 nitrogen and oxygen atoms in total. The highest BCUT2D eigenvalue weighted by atomic mass is 32.2. The molecule has 1 atom stereocenters. The largest absolute Gasteiger partial charge is 0.345 e. The van der Waals surface area contributed by atoms with Crippen molar-refractivity contribution >= 4 is 15.9 Å². The van der Waals surface area contributed by atoms with Gasteiger partial charge in [-0.05, 0) is 62.4 Å². The minimum atomic E-state index is -3.63. The summed E-state index contributed by atoms with van der Waals surface area (Å²) < 4.78 is 27.2. The minimum absolute atomic E-state index is 0.0403. The monoisotopic (exact) mass is 372 g/mol. The van der Waals surface area contributed by atoms with Gasteiger partial charge in [0.2, 0.25) is 10.0 Å². The molecule has 1 aliphatic carbocycles. The minimum Gasteiger partial charge on any atom is -0.345 e. The maximum Gasteiger partial charge on any atom is 0.251 e. The molecule has 6 heteroatoms. The lowest BCUT2D eigenvalue weighted by molar-refractivity contribution is 0.0932. The lowest BCUT2D eigenvalue weighted by atomic mass is 9.87. The molecule has 1 aliphatic rings. The molecule has 0 bridgehead atoms. The van der Waals surface area contributed by atoms with Crippen LogP contribution in [0, 0.1) is 0 Å². The van der Waals surface area contributed by atoms with Crippen LogP contribution in [0.3, 0.4) is 0 Å². The molecule has 2 aromatic carbocycles. The normalized spacial score (nSPS) is 17.0. The molecular formula is C20H24N2O3S. The van der Waals surface area contributed by atoms with Crippen molar-refractivity contribution in [3.05, 3.63) is 65.2 Å². The van der Waals surface area contributed by atoms with Crippen LogP contribution >= 0.6 is 0 Å². The third-order valence-electron chi connectivity index (χ3n) is 4.47. The number of sulfonamides is 1. The van der Waals surface area contributed by atoms with Gasteiger partial charge in [-0.2, -0.15) is 0 Å². The third kappa shape index (κ3) is 4.14. The molecule has 26 heavy (non-hydrogen) atoms. The quantitative estimate of drug-likeness (QED) is 0.846. The second kappa shape index (κ2) is 7.60. The highest BCUT2D eigenvalue weighted by molar-refractivity contribution is 7.89. The Morgan fingerprint density at radius 3 is 2.65 bits per heavy atom. The molecule has 0 aliphatic heterocycles. The van der Waals surface area contributed by atoms with Crippen molar-refractivity contribution < 1.29 is 13.2 Å². The van der Waals surface area contributed by atoms with Gasteiger partial charge >= 0.3 is 0 Å². The predicted octanol–water partition coefficient (Wildman–Crippen LogP) is 3.18. The SMILES string of the molecule is CC(C)NS(=O)(=O)c1cccc(C(=O)NC2CCCc3ccccc32)c1. The van der Waals surface area contributed by atoms with Crippen LogP contribution in [-0.4, -0.2) is 20.4 Å². The highest BCUT2D eigenvalue weighted by Gasteiger charge is 2.23.